The molecule has 2 heterocycles. The number of esters is 1. The van der Waals surface area contributed by atoms with Gasteiger partial charge in [0, 0.05) is 19.1 Å². The Kier molecular flexibility index (Phi) is 8.17. The molecule has 0 aromatic heterocycles. The number of unbranched alkanes of at least 4 members (excludes halogenated alkanes) is 1. The van der Waals surface area contributed by atoms with Crippen molar-refractivity contribution >= 4 is 17.7 Å². The van der Waals surface area contributed by atoms with Crippen molar-refractivity contribution in [2.24, 2.45) is 0 Å². The predicted octanol–water partition coefficient (Wildman–Crippen LogP) is 3.70. The lowest BCUT2D eigenvalue weighted by molar-refractivity contribution is -0.324. The zero-order valence-corrected chi connectivity index (χ0v) is 17.6. The molecule has 0 N–H and O–H groups in total. The van der Waals surface area contributed by atoms with Crippen molar-refractivity contribution in [3.05, 3.63) is 35.9 Å². The van der Waals surface area contributed by atoms with Gasteiger partial charge in [-0.25, -0.2) is 0 Å². The molecule has 6 nitrogen and oxygen atoms in total. The lowest BCUT2D eigenvalue weighted by Crippen LogP contribution is -2.62. The maximum absolute atomic E-state index is 11.8. The van der Waals surface area contributed by atoms with Gasteiger partial charge in [-0.2, -0.15) is 0 Å². The number of ether oxygens (including phenoxy) is 5. The van der Waals surface area contributed by atoms with E-state index in [9.17, 15) is 4.79 Å². The lowest BCUT2D eigenvalue weighted by atomic mass is 9.98. The van der Waals surface area contributed by atoms with Crippen molar-refractivity contribution in [2.75, 3.05) is 19.0 Å². The molecule has 2 aliphatic rings. The molecule has 1 aromatic rings. The Balaban J connectivity index is 1.82. The van der Waals surface area contributed by atoms with Crippen LogP contribution in [0.15, 0.2) is 30.3 Å². The first kappa shape index (κ1) is 21.6. The second kappa shape index (κ2) is 10.6. The summed E-state index contributed by atoms with van der Waals surface area (Å²) in [5.74, 6) is 0.500. The molecule has 0 amide bonds. The number of hydrogen-bond donors (Lipinski definition) is 0. The van der Waals surface area contributed by atoms with Gasteiger partial charge >= 0.3 is 5.97 Å². The van der Waals surface area contributed by atoms with Crippen molar-refractivity contribution in [1.82, 2.24) is 0 Å². The van der Waals surface area contributed by atoms with Crippen LogP contribution in [0.5, 0.6) is 0 Å². The standard InChI is InChI=1S/C21H30O6S/c1-4-6-12-23-18-17-16(26-21(28-5-2)19(18)25-14(3)22)13-24-20(27-17)15-10-8-7-9-11-15/h7-11,16-21H,4-6,12-13H2,1-3H3/t16?,17-,18?,19?,20?,21-/m1/s1. The quantitative estimate of drug-likeness (QED) is 0.478. The third-order valence-corrected chi connectivity index (χ3v) is 5.84. The third kappa shape index (κ3) is 5.27. The Labute approximate surface area is 171 Å². The smallest absolute Gasteiger partial charge is 0.303 e. The molecule has 28 heavy (non-hydrogen) atoms. The highest BCUT2D eigenvalue weighted by molar-refractivity contribution is 7.99. The van der Waals surface area contributed by atoms with Gasteiger partial charge in [-0.3, -0.25) is 4.79 Å². The second-order valence-corrected chi connectivity index (χ2v) is 8.31. The van der Waals surface area contributed by atoms with E-state index in [1.54, 1.807) is 11.8 Å². The summed E-state index contributed by atoms with van der Waals surface area (Å²) in [5, 5.41) is 0. The minimum Gasteiger partial charge on any atom is -0.456 e. The number of hydrogen-bond acceptors (Lipinski definition) is 7. The molecular weight excluding hydrogens is 380 g/mol. The molecule has 0 saturated carbocycles. The molecule has 0 radical (unpaired) electrons. The molecule has 1 aromatic carbocycles. The second-order valence-electron chi connectivity index (χ2n) is 6.94. The molecule has 2 fully saturated rings. The fraction of sp³-hybridized carbons (Fsp3) is 0.667. The maximum Gasteiger partial charge on any atom is 0.303 e. The fourth-order valence-electron chi connectivity index (χ4n) is 3.49. The van der Waals surface area contributed by atoms with Crippen LogP contribution < -0.4 is 0 Å². The van der Waals surface area contributed by atoms with Crippen LogP contribution in [0.25, 0.3) is 0 Å². The van der Waals surface area contributed by atoms with Crippen molar-refractivity contribution < 1.29 is 28.5 Å². The normalized spacial score (nSPS) is 32.5. The van der Waals surface area contributed by atoms with E-state index in [1.807, 2.05) is 30.3 Å². The largest absolute Gasteiger partial charge is 0.456 e. The molecular formula is C21H30O6S. The van der Waals surface area contributed by atoms with Gasteiger partial charge in [0.15, 0.2) is 12.4 Å². The summed E-state index contributed by atoms with van der Waals surface area (Å²) < 4.78 is 30.3. The molecule has 7 heteroatoms. The van der Waals surface area contributed by atoms with E-state index < -0.39 is 18.5 Å². The molecule has 6 atom stereocenters. The number of fused-ring (bicyclic) bond motifs is 1. The van der Waals surface area contributed by atoms with Crippen LogP contribution in [-0.4, -0.2) is 54.8 Å². The first-order chi connectivity index (χ1) is 13.6. The van der Waals surface area contributed by atoms with Crippen LogP contribution >= 0.6 is 11.8 Å². The Morgan fingerprint density at radius 2 is 1.96 bits per heavy atom. The van der Waals surface area contributed by atoms with Gasteiger partial charge in [-0.05, 0) is 12.2 Å². The van der Waals surface area contributed by atoms with Crippen molar-refractivity contribution in [3.8, 4) is 0 Å². The first-order valence-corrected chi connectivity index (χ1v) is 11.1. The van der Waals surface area contributed by atoms with Gasteiger partial charge in [0.2, 0.25) is 0 Å². The number of benzene rings is 1. The summed E-state index contributed by atoms with van der Waals surface area (Å²) in [6.45, 7) is 6.58. The summed E-state index contributed by atoms with van der Waals surface area (Å²) in [5.41, 5.74) is 0.643. The van der Waals surface area contributed by atoms with Gasteiger partial charge in [-0.15, -0.1) is 11.8 Å². The number of rotatable bonds is 8. The lowest BCUT2D eigenvalue weighted by Gasteiger charge is -2.48. The molecule has 0 spiro atoms. The van der Waals surface area contributed by atoms with Gasteiger partial charge < -0.3 is 23.7 Å². The van der Waals surface area contributed by atoms with E-state index >= 15 is 0 Å². The van der Waals surface area contributed by atoms with Crippen molar-refractivity contribution in [1.29, 1.82) is 0 Å². The Bertz CT molecular complexity index is 612. The van der Waals surface area contributed by atoms with Gasteiger partial charge in [0.25, 0.3) is 0 Å². The van der Waals surface area contributed by atoms with Crippen molar-refractivity contribution in [2.45, 2.75) is 69.8 Å². The van der Waals surface area contributed by atoms with E-state index in [4.69, 9.17) is 23.7 Å². The molecule has 2 saturated heterocycles. The van der Waals surface area contributed by atoms with E-state index in [-0.39, 0.29) is 23.6 Å². The van der Waals surface area contributed by atoms with E-state index in [0.29, 0.717) is 13.2 Å². The minimum atomic E-state index is -0.518. The Morgan fingerprint density at radius 3 is 2.64 bits per heavy atom. The highest BCUT2D eigenvalue weighted by Gasteiger charge is 2.52. The highest BCUT2D eigenvalue weighted by Crippen LogP contribution is 2.39. The summed E-state index contributed by atoms with van der Waals surface area (Å²) in [6, 6.07) is 9.81. The number of carbonyl (C=O) groups is 1. The summed E-state index contributed by atoms with van der Waals surface area (Å²) >= 11 is 1.61. The van der Waals surface area contributed by atoms with Crippen molar-refractivity contribution in [3.63, 3.8) is 0 Å². The summed E-state index contributed by atoms with van der Waals surface area (Å²) in [6.07, 6.45) is -0.0678. The Hall–Kier alpha value is -1.12. The molecule has 0 bridgehead atoms. The SMILES string of the molecule is CCCCOC1C(OC(C)=O)[C@@H](SCC)OC2COC(c3ccccc3)O[C@H]21. The van der Waals surface area contributed by atoms with E-state index in [2.05, 4.69) is 13.8 Å². The van der Waals surface area contributed by atoms with Crippen LogP contribution in [0.1, 0.15) is 45.5 Å². The van der Waals surface area contributed by atoms with Gasteiger partial charge in [0.1, 0.15) is 23.7 Å². The molecule has 156 valence electrons. The minimum absolute atomic E-state index is 0.262. The zero-order chi connectivity index (χ0) is 19.9. The zero-order valence-electron chi connectivity index (χ0n) is 16.7. The monoisotopic (exact) mass is 410 g/mol. The predicted molar refractivity (Wildman–Crippen MR) is 107 cm³/mol. The molecule has 4 unspecified atom stereocenters. The summed E-state index contributed by atoms with van der Waals surface area (Å²) in [7, 11) is 0. The first-order valence-electron chi connectivity index (χ1n) is 10.0. The Morgan fingerprint density at radius 1 is 1.18 bits per heavy atom. The molecule has 3 rings (SSSR count). The van der Waals surface area contributed by atoms with Crippen LogP contribution in [0.3, 0.4) is 0 Å². The third-order valence-electron chi connectivity index (χ3n) is 4.80. The van der Waals surface area contributed by atoms with Gasteiger partial charge in [-0.1, -0.05) is 50.6 Å². The average molecular weight is 411 g/mol. The maximum atomic E-state index is 11.8. The molecule has 2 aliphatic heterocycles. The van der Waals surface area contributed by atoms with Crippen LogP contribution in [0.4, 0.5) is 0 Å². The van der Waals surface area contributed by atoms with Crippen LogP contribution in [0.2, 0.25) is 0 Å². The van der Waals surface area contributed by atoms with Crippen LogP contribution in [0, 0.1) is 0 Å². The van der Waals surface area contributed by atoms with Crippen LogP contribution in [-0.2, 0) is 28.5 Å². The fourth-order valence-corrected chi connectivity index (χ4v) is 4.44. The average Bonchev–Trinajstić information content (AvgIpc) is 2.70. The van der Waals surface area contributed by atoms with E-state index in [1.165, 1.54) is 6.92 Å². The number of thioether (sulfide) groups is 1. The van der Waals surface area contributed by atoms with Gasteiger partial charge in [0.05, 0.1) is 6.61 Å². The highest BCUT2D eigenvalue weighted by atomic mass is 32.2. The summed E-state index contributed by atoms with van der Waals surface area (Å²) in [4.78, 5) is 11.8. The number of carbonyl (C=O) groups excluding carboxylic acids is 1. The van der Waals surface area contributed by atoms with E-state index in [0.717, 1.165) is 24.2 Å². The topological polar surface area (TPSA) is 63.2 Å². The molecule has 0 aliphatic carbocycles.